The predicted molar refractivity (Wildman–Crippen MR) is 137 cm³/mol. The molecule has 0 aliphatic rings. The lowest BCUT2D eigenvalue weighted by atomic mass is 10.1. The number of aromatic nitrogens is 1. The molecule has 0 spiro atoms. The Labute approximate surface area is 196 Å². The number of nitrogens with one attached hydrogen (secondary N) is 2. The Balaban J connectivity index is 1.84. The number of hydrogen-bond donors (Lipinski definition) is 4. The van der Waals surface area contributed by atoms with E-state index in [1.54, 1.807) is 35.7 Å². The normalized spacial score (nSPS) is 11.9. The van der Waals surface area contributed by atoms with Crippen molar-refractivity contribution in [3.63, 3.8) is 0 Å². The monoisotopic (exact) mass is 509 g/mol. The van der Waals surface area contributed by atoms with Crippen molar-refractivity contribution in [2.24, 2.45) is 0 Å². The first-order valence-electron chi connectivity index (χ1n) is 8.74. The van der Waals surface area contributed by atoms with Crippen molar-refractivity contribution in [1.29, 1.82) is 0 Å². The van der Waals surface area contributed by atoms with Gasteiger partial charge in [-0.3, -0.25) is 9.52 Å². The van der Waals surface area contributed by atoms with E-state index in [0.29, 0.717) is 22.1 Å². The lowest BCUT2D eigenvalue weighted by molar-refractivity contribution is -0.114. The van der Waals surface area contributed by atoms with E-state index in [-0.39, 0.29) is 10.8 Å². The number of anilines is 2. The molecule has 11 heteroatoms. The fourth-order valence-corrected chi connectivity index (χ4v) is 4.91. The third-order valence-corrected chi connectivity index (χ3v) is 6.90. The van der Waals surface area contributed by atoms with E-state index in [0.717, 1.165) is 5.56 Å². The standard InChI is InChI=1S/C20H19N3O3S5/c1-14(24)21-20-22-19(13-29-20)16-6-4-7-17(12-16)23-31(25,26)18-8-3-5-15(11-18)9-10-30(2,27)28/h3-8,11-13,23,27-28H,1-2H3,(H,21,22,24). The van der Waals surface area contributed by atoms with Crippen molar-refractivity contribution in [3.8, 4) is 22.4 Å². The molecule has 1 heterocycles. The third-order valence-electron chi connectivity index (χ3n) is 3.73. The van der Waals surface area contributed by atoms with Crippen LogP contribution in [0.3, 0.4) is 0 Å². The molecule has 6 nitrogen and oxygen atoms in total. The van der Waals surface area contributed by atoms with Crippen LogP contribution in [0.2, 0.25) is 0 Å². The third kappa shape index (κ3) is 6.95. The van der Waals surface area contributed by atoms with Crippen molar-refractivity contribution in [2.75, 3.05) is 16.3 Å². The molecule has 3 aromatic rings. The first kappa shape index (κ1) is 23.6. The van der Waals surface area contributed by atoms with Gasteiger partial charge in [-0.25, -0.2) is 13.4 Å². The molecule has 0 atom stereocenters. The van der Waals surface area contributed by atoms with E-state index in [4.69, 9.17) is 0 Å². The molecule has 162 valence electrons. The minimum Gasteiger partial charge on any atom is -0.302 e. The molecule has 1 amide bonds. The Morgan fingerprint density at radius 2 is 1.87 bits per heavy atom. The van der Waals surface area contributed by atoms with E-state index < -0.39 is 18.1 Å². The Bertz CT molecular complexity index is 1280. The Hall–Kier alpha value is -2.10. The van der Waals surface area contributed by atoms with Crippen LogP contribution in [0.5, 0.6) is 0 Å². The number of carbonyl (C=O) groups excluding carboxylic acids is 1. The summed E-state index contributed by atoms with van der Waals surface area (Å²) in [5.74, 6) is 2.71. The summed E-state index contributed by atoms with van der Waals surface area (Å²) >= 11 is 9.91. The molecule has 0 fully saturated rings. The number of rotatable bonds is 5. The number of thiazole rings is 1. The fourth-order valence-electron chi connectivity index (χ4n) is 2.47. The maximum Gasteiger partial charge on any atom is 0.261 e. The first-order chi connectivity index (χ1) is 14.5. The summed E-state index contributed by atoms with van der Waals surface area (Å²) in [5, 5.41) is 7.82. The molecule has 0 saturated carbocycles. The van der Waals surface area contributed by atoms with Crippen molar-refractivity contribution < 1.29 is 13.2 Å². The zero-order chi connectivity index (χ0) is 22.6. The Morgan fingerprint density at radius 3 is 2.58 bits per heavy atom. The Morgan fingerprint density at radius 1 is 1.13 bits per heavy atom. The maximum absolute atomic E-state index is 12.9. The fraction of sp³-hybridized carbons (Fsp3) is 0.100. The van der Waals surface area contributed by atoms with Crippen molar-refractivity contribution in [3.05, 3.63) is 59.5 Å². The van der Waals surface area contributed by atoms with Crippen LogP contribution in [0.4, 0.5) is 10.8 Å². The highest BCUT2D eigenvalue weighted by atomic mass is 33.5. The van der Waals surface area contributed by atoms with Crippen molar-refractivity contribution >= 4 is 69.5 Å². The number of hydrogen-bond acceptors (Lipinski definition) is 7. The lowest BCUT2D eigenvalue weighted by Crippen LogP contribution is -2.13. The quantitative estimate of drug-likeness (QED) is 0.221. The summed E-state index contributed by atoms with van der Waals surface area (Å²) in [4.78, 5) is 15.6. The average molecular weight is 510 g/mol. The number of amides is 1. The van der Waals surface area contributed by atoms with Gasteiger partial charge in [-0.15, -0.1) is 34.7 Å². The molecule has 3 rings (SSSR count). The van der Waals surface area contributed by atoms with Gasteiger partial charge in [-0.1, -0.05) is 32.2 Å². The minimum atomic E-state index is -3.82. The highest BCUT2D eigenvalue weighted by Gasteiger charge is 2.15. The first-order valence-corrected chi connectivity index (χ1v) is 15.3. The minimum absolute atomic E-state index is 0.0985. The second-order valence-corrected chi connectivity index (χ2v) is 16.2. The molecule has 0 aliphatic carbocycles. The van der Waals surface area contributed by atoms with Crippen LogP contribution in [-0.4, -0.2) is 25.6 Å². The van der Waals surface area contributed by atoms with Crippen LogP contribution in [0.15, 0.2) is 58.8 Å². The van der Waals surface area contributed by atoms with Gasteiger partial charge in [-0.05, 0) is 41.8 Å². The summed E-state index contributed by atoms with van der Waals surface area (Å²) in [5.41, 5.74) is 2.31. The van der Waals surface area contributed by atoms with Crippen LogP contribution in [0.1, 0.15) is 12.5 Å². The van der Waals surface area contributed by atoms with Crippen LogP contribution < -0.4 is 10.0 Å². The number of carbonyl (C=O) groups is 1. The van der Waals surface area contributed by atoms with Crippen LogP contribution in [0.25, 0.3) is 11.3 Å². The van der Waals surface area contributed by atoms with Gasteiger partial charge in [-0.2, -0.15) is 0 Å². The zero-order valence-electron chi connectivity index (χ0n) is 16.5. The highest BCUT2D eigenvalue weighted by molar-refractivity contribution is 9.19. The van der Waals surface area contributed by atoms with Gasteiger partial charge in [0.15, 0.2) is 5.13 Å². The van der Waals surface area contributed by atoms with E-state index in [1.807, 2.05) is 12.3 Å². The van der Waals surface area contributed by atoms with E-state index in [9.17, 15) is 13.2 Å². The number of nitrogens with zero attached hydrogens (tertiary/aromatic N) is 1. The van der Waals surface area contributed by atoms with E-state index >= 15 is 0 Å². The SMILES string of the molecule is CC(=O)Nc1nc(-c2cccc(NS(=O)(=O)c3cccc(C#CS(C)(S)S)c3)c2)cs1. The van der Waals surface area contributed by atoms with Gasteiger partial charge in [0.2, 0.25) is 5.91 Å². The molecule has 2 aromatic carbocycles. The summed E-state index contributed by atoms with van der Waals surface area (Å²) in [6.07, 6.45) is 1.81. The largest absolute Gasteiger partial charge is 0.302 e. The van der Waals surface area contributed by atoms with Gasteiger partial charge >= 0.3 is 0 Å². The smallest absolute Gasteiger partial charge is 0.261 e. The van der Waals surface area contributed by atoms with Gasteiger partial charge in [0.05, 0.1) is 10.6 Å². The number of benzene rings is 2. The molecule has 0 bridgehead atoms. The molecular weight excluding hydrogens is 491 g/mol. The van der Waals surface area contributed by atoms with Gasteiger partial charge < -0.3 is 5.32 Å². The second kappa shape index (κ2) is 9.58. The van der Waals surface area contributed by atoms with Crippen LogP contribution in [-0.2, 0) is 14.8 Å². The molecule has 0 radical (unpaired) electrons. The van der Waals surface area contributed by atoms with E-state index in [2.05, 4.69) is 49.5 Å². The molecule has 2 N–H and O–H groups in total. The molecule has 1 aromatic heterocycles. The number of sulfonamides is 1. The summed E-state index contributed by atoms with van der Waals surface area (Å²) in [7, 11) is -5.44. The number of thiol groups is 2. The van der Waals surface area contributed by atoms with E-state index in [1.165, 1.54) is 30.4 Å². The lowest BCUT2D eigenvalue weighted by Gasteiger charge is -2.12. The second-order valence-electron chi connectivity index (χ2n) is 6.49. The zero-order valence-corrected chi connectivity index (χ0v) is 20.7. The van der Waals surface area contributed by atoms with Crippen molar-refractivity contribution in [1.82, 2.24) is 4.98 Å². The molecular formula is C20H19N3O3S5. The highest BCUT2D eigenvalue weighted by Crippen LogP contribution is 2.52. The average Bonchev–Trinajstić information content (AvgIpc) is 3.14. The van der Waals surface area contributed by atoms with Crippen LogP contribution in [0, 0.1) is 11.2 Å². The summed E-state index contributed by atoms with van der Waals surface area (Å²) in [6.45, 7) is 1.41. The Kier molecular flexibility index (Phi) is 7.28. The summed E-state index contributed by atoms with van der Waals surface area (Å²) in [6, 6.07) is 13.3. The van der Waals surface area contributed by atoms with Crippen molar-refractivity contribution in [2.45, 2.75) is 11.8 Å². The molecule has 0 unspecified atom stereocenters. The van der Waals surface area contributed by atoms with Gasteiger partial charge in [0.1, 0.15) is 0 Å². The van der Waals surface area contributed by atoms with Gasteiger partial charge in [0.25, 0.3) is 10.0 Å². The summed E-state index contributed by atoms with van der Waals surface area (Å²) < 4.78 is 28.4. The molecule has 0 saturated heterocycles. The van der Waals surface area contributed by atoms with Crippen LogP contribution >= 0.6 is 42.8 Å². The topological polar surface area (TPSA) is 88.2 Å². The predicted octanol–water partition coefficient (Wildman–Crippen LogP) is 5.00. The van der Waals surface area contributed by atoms with Gasteiger partial charge in [0, 0.05) is 29.1 Å². The maximum atomic E-state index is 12.9. The molecule has 0 aliphatic heterocycles. The molecule has 31 heavy (non-hydrogen) atoms.